The predicted molar refractivity (Wildman–Crippen MR) is 125 cm³/mol. The lowest BCUT2D eigenvalue weighted by atomic mass is 9.83. The lowest BCUT2D eigenvalue weighted by molar-refractivity contribution is -0.140. The Morgan fingerprint density at radius 3 is 2.67 bits per heavy atom. The van der Waals surface area contributed by atoms with E-state index in [1.165, 1.54) is 0 Å². The Morgan fingerprint density at radius 2 is 1.88 bits per heavy atom. The molecule has 3 aromatic rings. The molecule has 0 N–H and O–H groups in total. The molecule has 0 unspecified atom stereocenters. The minimum absolute atomic E-state index is 0.0299. The lowest BCUT2D eigenvalue weighted by Gasteiger charge is -2.43. The molecule has 0 spiro atoms. The van der Waals surface area contributed by atoms with Crippen LogP contribution in [0.25, 0.3) is 11.0 Å². The number of aryl methyl sites for hydroxylation is 2. The maximum atomic E-state index is 13.4. The van der Waals surface area contributed by atoms with E-state index < -0.39 is 6.10 Å². The third-order valence-electron chi connectivity index (χ3n) is 7.10. The molecule has 4 heterocycles. The summed E-state index contributed by atoms with van der Waals surface area (Å²) >= 11 is 0. The van der Waals surface area contributed by atoms with Gasteiger partial charge in [-0.25, -0.2) is 4.79 Å². The van der Waals surface area contributed by atoms with Crippen molar-refractivity contribution in [1.29, 1.82) is 0 Å². The highest BCUT2D eigenvalue weighted by molar-refractivity contribution is 5.89. The molecule has 7 heteroatoms. The van der Waals surface area contributed by atoms with Gasteiger partial charge in [0.1, 0.15) is 11.3 Å². The lowest BCUT2D eigenvalue weighted by Crippen LogP contribution is -2.52. The van der Waals surface area contributed by atoms with Crippen LogP contribution >= 0.6 is 0 Å². The number of carbonyl (C=O) groups excluding carboxylic acids is 1. The Kier molecular flexibility index (Phi) is 5.15. The van der Waals surface area contributed by atoms with Crippen LogP contribution in [0.1, 0.15) is 41.6 Å². The normalized spacial score (nSPS) is 20.4. The topological polar surface area (TPSA) is 81.8 Å². The van der Waals surface area contributed by atoms with Crippen molar-refractivity contribution in [2.24, 2.45) is 5.92 Å². The Morgan fingerprint density at radius 1 is 1.09 bits per heavy atom. The van der Waals surface area contributed by atoms with E-state index in [4.69, 9.17) is 9.15 Å². The van der Waals surface area contributed by atoms with E-state index in [1.54, 1.807) is 26.0 Å². The number of likely N-dealkylation sites (tertiary alicyclic amines) is 1. The number of aromatic nitrogens is 1. The molecule has 2 aliphatic heterocycles. The van der Waals surface area contributed by atoms with Gasteiger partial charge < -0.3 is 18.6 Å². The summed E-state index contributed by atoms with van der Waals surface area (Å²) < 4.78 is 13.5. The maximum absolute atomic E-state index is 13.4. The van der Waals surface area contributed by atoms with E-state index in [0.29, 0.717) is 36.5 Å². The van der Waals surface area contributed by atoms with Crippen LogP contribution in [0.5, 0.6) is 5.75 Å². The van der Waals surface area contributed by atoms with Gasteiger partial charge in [0.05, 0.1) is 5.39 Å². The van der Waals surface area contributed by atoms with Crippen molar-refractivity contribution in [1.82, 2.24) is 9.47 Å². The van der Waals surface area contributed by atoms with Crippen molar-refractivity contribution in [3.05, 3.63) is 73.5 Å². The maximum Gasteiger partial charge on any atom is 0.339 e. The van der Waals surface area contributed by atoms with E-state index in [9.17, 15) is 14.4 Å². The van der Waals surface area contributed by atoms with Gasteiger partial charge in [0.25, 0.3) is 11.5 Å². The van der Waals surface area contributed by atoms with Gasteiger partial charge in [0.2, 0.25) is 0 Å². The highest BCUT2D eigenvalue weighted by Crippen LogP contribution is 2.36. The summed E-state index contributed by atoms with van der Waals surface area (Å²) in [7, 11) is 0. The number of amides is 1. The Labute approximate surface area is 191 Å². The average Bonchev–Trinajstić information content (AvgIpc) is 2.77. The number of rotatable bonds is 3. The van der Waals surface area contributed by atoms with Crippen LogP contribution in [0, 0.1) is 26.7 Å². The summed E-state index contributed by atoms with van der Waals surface area (Å²) in [4.78, 5) is 39.7. The Bertz CT molecular complexity index is 1390. The van der Waals surface area contributed by atoms with E-state index in [0.717, 1.165) is 28.6 Å². The molecule has 2 bridgehead atoms. The molecule has 2 aliphatic rings. The van der Waals surface area contributed by atoms with Crippen molar-refractivity contribution in [2.45, 2.75) is 52.7 Å². The van der Waals surface area contributed by atoms with Gasteiger partial charge in [0, 0.05) is 42.9 Å². The Hall–Kier alpha value is -3.35. The van der Waals surface area contributed by atoms with E-state index in [2.05, 4.69) is 0 Å². The van der Waals surface area contributed by atoms with Crippen LogP contribution in [0.15, 0.2) is 44.3 Å². The summed E-state index contributed by atoms with van der Waals surface area (Å²) in [6.07, 6.45) is 0.293. The summed E-state index contributed by atoms with van der Waals surface area (Å²) in [5, 5.41) is 0.723. The molecule has 7 nitrogen and oxygen atoms in total. The second-order valence-corrected chi connectivity index (χ2v) is 9.48. The zero-order valence-electron chi connectivity index (χ0n) is 19.4. The zero-order chi connectivity index (χ0) is 23.4. The molecule has 1 amide bonds. The van der Waals surface area contributed by atoms with Crippen LogP contribution in [0.3, 0.4) is 0 Å². The molecular formula is C26H28N2O5. The number of hydrogen-bond donors (Lipinski definition) is 0. The van der Waals surface area contributed by atoms with Crippen molar-refractivity contribution in [3.8, 4) is 5.75 Å². The fourth-order valence-corrected chi connectivity index (χ4v) is 5.36. The zero-order valence-corrected chi connectivity index (χ0v) is 19.4. The minimum atomic E-state index is -0.696. The number of carbonyl (C=O) groups is 1. The van der Waals surface area contributed by atoms with Crippen molar-refractivity contribution >= 4 is 16.9 Å². The van der Waals surface area contributed by atoms with E-state index in [-0.39, 0.29) is 28.9 Å². The molecule has 0 saturated carbocycles. The van der Waals surface area contributed by atoms with Crippen molar-refractivity contribution < 1.29 is 13.9 Å². The molecular weight excluding hydrogens is 420 g/mol. The molecule has 0 aliphatic carbocycles. The molecule has 1 saturated heterocycles. The van der Waals surface area contributed by atoms with Gasteiger partial charge in [-0.3, -0.25) is 9.59 Å². The van der Waals surface area contributed by atoms with E-state index in [1.807, 2.05) is 41.5 Å². The fraction of sp³-hybridized carbons (Fsp3) is 0.423. The third-order valence-corrected chi connectivity index (χ3v) is 7.10. The molecule has 1 fully saturated rings. The van der Waals surface area contributed by atoms with Crippen LogP contribution in [0.4, 0.5) is 0 Å². The van der Waals surface area contributed by atoms with Gasteiger partial charge in [0.15, 0.2) is 6.10 Å². The van der Waals surface area contributed by atoms with Crippen molar-refractivity contribution in [2.75, 3.05) is 13.1 Å². The van der Waals surface area contributed by atoms with Crippen molar-refractivity contribution in [3.63, 3.8) is 0 Å². The van der Waals surface area contributed by atoms with Crippen LogP contribution in [-0.4, -0.2) is 34.6 Å². The van der Waals surface area contributed by atoms with Crippen LogP contribution in [0.2, 0.25) is 0 Å². The van der Waals surface area contributed by atoms with Gasteiger partial charge in [-0.2, -0.15) is 0 Å². The first-order valence-corrected chi connectivity index (χ1v) is 11.4. The number of benzene rings is 1. The quantitative estimate of drug-likeness (QED) is 0.575. The molecule has 33 heavy (non-hydrogen) atoms. The van der Waals surface area contributed by atoms with E-state index >= 15 is 0 Å². The highest BCUT2D eigenvalue weighted by atomic mass is 16.5. The molecule has 5 rings (SSSR count). The number of ether oxygens (including phenoxy) is 1. The molecule has 0 radical (unpaired) electrons. The second-order valence-electron chi connectivity index (χ2n) is 9.48. The molecule has 2 aromatic heterocycles. The average molecular weight is 449 g/mol. The van der Waals surface area contributed by atoms with Gasteiger partial charge in [-0.15, -0.1) is 0 Å². The standard InChI is InChI=1S/C26H28N2O5/c1-14-8-21(24-15(2)16(3)26(31)33-22(24)9-14)32-17(4)25(30)27-11-18-10-19(13-27)20-6-5-7-23(29)28(20)12-18/h5-9,17-19H,10-13H2,1-4H3/t17-,18+,19-/m0/s1. The number of pyridine rings is 1. The first kappa shape index (κ1) is 21.5. The predicted octanol–water partition coefficient (Wildman–Crippen LogP) is 3.29. The number of nitrogens with zero attached hydrogens (tertiary/aromatic N) is 2. The molecule has 1 aromatic carbocycles. The summed E-state index contributed by atoms with van der Waals surface area (Å²) in [5.74, 6) is 0.884. The summed E-state index contributed by atoms with van der Waals surface area (Å²) in [6.45, 7) is 9.10. The Balaban J connectivity index is 1.42. The fourth-order valence-electron chi connectivity index (χ4n) is 5.36. The second kappa shape index (κ2) is 7.90. The van der Waals surface area contributed by atoms with Gasteiger partial charge in [-0.1, -0.05) is 6.07 Å². The monoisotopic (exact) mass is 448 g/mol. The summed E-state index contributed by atoms with van der Waals surface area (Å²) in [5.41, 5.74) is 3.36. The van der Waals surface area contributed by atoms with Crippen LogP contribution in [-0.2, 0) is 11.3 Å². The number of piperidine rings is 1. The summed E-state index contributed by atoms with van der Waals surface area (Å²) in [6, 6.07) is 9.09. The molecule has 172 valence electrons. The SMILES string of the molecule is Cc1cc(O[C@@H](C)C(=O)N2C[C@H]3C[C@@H](C2)c2cccc(=O)n2C3)c2c(C)c(C)c(=O)oc2c1. The molecule has 3 atom stereocenters. The third kappa shape index (κ3) is 3.65. The first-order chi connectivity index (χ1) is 15.7. The largest absolute Gasteiger partial charge is 0.480 e. The minimum Gasteiger partial charge on any atom is -0.480 e. The smallest absolute Gasteiger partial charge is 0.339 e. The first-order valence-electron chi connectivity index (χ1n) is 11.4. The number of hydrogen-bond acceptors (Lipinski definition) is 5. The van der Waals surface area contributed by atoms with Crippen LogP contribution < -0.4 is 15.9 Å². The highest BCUT2D eigenvalue weighted by Gasteiger charge is 2.37. The van der Waals surface area contributed by atoms with Gasteiger partial charge in [-0.05, 0) is 69.4 Å². The number of fused-ring (bicyclic) bond motifs is 5. The van der Waals surface area contributed by atoms with Gasteiger partial charge >= 0.3 is 5.63 Å².